The Hall–Kier alpha value is 0.0969. The number of rotatable bonds is 5. The Morgan fingerprint density at radius 2 is 1.81 bits per heavy atom. The van der Waals surface area contributed by atoms with Gasteiger partial charge in [-0.05, 0) is 18.1 Å². The van der Waals surface area contributed by atoms with E-state index in [4.69, 9.17) is 9.16 Å². The van der Waals surface area contributed by atoms with Crippen LogP contribution >= 0.6 is 0 Å². The van der Waals surface area contributed by atoms with E-state index < -0.39 is 8.32 Å². The summed E-state index contributed by atoms with van der Waals surface area (Å²) >= 11 is 0. The summed E-state index contributed by atoms with van der Waals surface area (Å²) in [7, 11) is 0.242. The van der Waals surface area contributed by atoms with Crippen molar-refractivity contribution in [3.05, 3.63) is 0 Å². The lowest BCUT2D eigenvalue weighted by Gasteiger charge is -2.40. The zero-order chi connectivity index (χ0) is 12.4. The molecular formula is C12H27NO2Si. The first-order chi connectivity index (χ1) is 7.26. The van der Waals surface area contributed by atoms with Gasteiger partial charge in [0.1, 0.15) is 0 Å². The van der Waals surface area contributed by atoms with E-state index in [0.717, 1.165) is 26.2 Å². The topological polar surface area (TPSA) is 21.7 Å². The minimum atomic E-state index is -1.54. The van der Waals surface area contributed by atoms with E-state index >= 15 is 0 Å². The summed E-state index contributed by atoms with van der Waals surface area (Å²) in [6, 6.07) is 0. The highest BCUT2D eigenvalue weighted by Crippen LogP contribution is 2.36. The van der Waals surface area contributed by atoms with Gasteiger partial charge in [0, 0.05) is 33.4 Å². The quantitative estimate of drug-likeness (QED) is 0.694. The maximum absolute atomic E-state index is 6.13. The second-order valence-corrected chi connectivity index (χ2v) is 11.0. The molecule has 1 rings (SSSR count). The lowest BCUT2D eigenvalue weighted by molar-refractivity contribution is -0.0339. The maximum Gasteiger partial charge on any atom is 0.192 e. The van der Waals surface area contributed by atoms with Crippen LogP contribution in [0.15, 0.2) is 0 Å². The van der Waals surface area contributed by atoms with Gasteiger partial charge in [0.25, 0.3) is 0 Å². The Morgan fingerprint density at radius 1 is 1.25 bits per heavy atom. The molecule has 0 radical (unpaired) electrons. The van der Waals surface area contributed by atoms with E-state index in [9.17, 15) is 0 Å². The Kier molecular flexibility index (Phi) is 4.57. The second kappa shape index (κ2) is 5.17. The molecule has 0 spiro atoms. The van der Waals surface area contributed by atoms with Gasteiger partial charge in [-0.1, -0.05) is 20.8 Å². The summed E-state index contributed by atoms with van der Waals surface area (Å²) in [5, 5.41) is 0.316. The number of nitrogens with zero attached hydrogens (tertiary/aromatic N) is 1. The van der Waals surface area contributed by atoms with E-state index in [1.165, 1.54) is 0 Å². The minimum absolute atomic E-state index is 0.316. The highest BCUT2D eigenvalue weighted by Gasteiger charge is 2.37. The first kappa shape index (κ1) is 14.2. The molecule has 0 unspecified atom stereocenters. The smallest absolute Gasteiger partial charge is 0.192 e. The van der Waals surface area contributed by atoms with Gasteiger partial charge in [0.15, 0.2) is 8.32 Å². The monoisotopic (exact) mass is 245 g/mol. The Morgan fingerprint density at radius 3 is 2.25 bits per heavy atom. The fourth-order valence-electron chi connectivity index (χ4n) is 1.50. The molecule has 0 aromatic rings. The first-order valence-corrected chi connectivity index (χ1v) is 9.06. The molecule has 4 heteroatoms. The van der Waals surface area contributed by atoms with Crippen LogP contribution in [0.25, 0.3) is 0 Å². The standard InChI is InChI=1S/C12H27NO2Si/c1-12(2,3)16(5,6)15-8-7-13-9-11(10-13)14-4/h11H,7-10H2,1-6H3. The van der Waals surface area contributed by atoms with E-state index in [1.54, 1.807) is 7.11 Å². The van der Waals surface area contributed by atoms with Gasteiger partial charge < -0.3 is 9.16 Å². The average Bonchev–Trinajstić information content (AvgIpc) is 2.06. The number of methoxy groups -OCH3 is 1. The molecule has 1 heterocycles. The van der Waals surface area contributed by atoms with Gasteiger partial charge in [-0.3, -0.25) is 4.90 Å². The van der Waals surface area contributed by atoms with Crippen LogP contribution in [0, 0.1) is 0 Å². The van der Waals surface area contributed by atoms with Crippen molar-refractivity contribution < 1.29 is 9.16 Å². The summed E-state index contributed by atoms with van der Waals surface area (Å²) in [5.74, 6) is 0. The van der Waals surface area contributed by atoms with Crippen molar-refractivity contribution in [2.75, 3.05) is 33.4 Å². The number of hydrogen-bond donors (Lipinski definition) is 0. The molecule has 16 heavy (non-hydrogen) atoms. The number of likely N-dealkylation sites (tertiary alicyclic amines) is 1. The van der Waals surface area contributed by atoms with Gasteiger partial charge >= 0.3 is 0 Å². The zero-order valence-corrected chi connectivity index (χ0v) is 12.7. The predicted molar refractivity (Wildman–Crippen MR) is 70.4 cm³/mol. The van der Waals surface area contributed by atoms with Crippen molar-refractivity contribution in [2.24, 2.45) is 0 Å². The van der Waals surface area contributed by atoms with Crippen LogP contribution in [-0.2, 0) is 9.16 Å². The summed E-state index contributed by atoms with van der Waals surface area (Å²) in [6.07, 6.45) is 0.452. The largest absolute Gasteiger partial charge is 0.416 e. The lowest BCUT2D eigenvalue weighted by atomic mass is 10.2. The molecule has 0 amide bonds. The van der Waals surface area contributed by atoms with Crippen LogP contribution in [0.5, 0.6) is 0 Å². The average molecular weight is 245 g/mol. The van der Waals surface area contributed by atoms with Crippen molar-refractivity contribution >= 4 is 8.32 Å². The van der Waals surface area contributed by atoms with Crippen LogP contribution in [0.2, 0.25) is 18.1 Å². The molecule has 1 fully saturated rings. The third-order valence-corrected chi connectivity index (χ3v) is 8.47. The van der Waals surface area contributed by atoms with Crippen LogP contribution in [-0.4, -0.2) is 52.7 Å². The molecular weight excluding hydrogens is 218 g/mol. The molecule has 0 bridgehead atoms. The van der Waals surface area contributed by atoms with Crippen molar-refractivity contribution in [1.29, 1.82) is 0 Å². The number of hydrogen-bond acceptors (Lipinski definition) is 3. The van der Waals surface area contributed by atoms with Crippen molar-refractivity contribution in [1.82, 2.24) is 4.90 Å². The molecule has 0 saturated carbocycles. The third kappa shape index (κ3) is 3.55. The van der Waals surface area contributed by atoms with Crippen LogP contribution < -0.4 is 0 Å². The van der Waals surface area contributed by atoms with Crippen LogP contribution in [0.1, 0.15) is 20.8 Å². The summed E-state index contributed by atoms with van der Waals surface area (Å²) in [6.45, 7) is 15.5. The summed E-state index contributed by atoms with van der Waals surface area (Å²) in [4.78, 5) is 2.39. The first-order valence-electron chi connectivity index (χ1n) is 6.15. The molecule has 0 aromatic heterocycles. The maximum atomic E-state index is 6.13. The van der Waals surface area contributed by atoms with Crippen molar-refractivity contribution in [3.63, 3.8) is 0 Å². The molecule has 0 atom stereocenters. The van der Waals surface area contributed by atoms with Gasteiger partial charge in [0.2, 0.25) is 0 Å². The molecule has 3 nitrogen and oxygen atoms in total. The molecule has 1 saturated heterocycles. The van der Waals surface area contributed by atoms with Crippen LogP contribution in [0.4, 0.5) is 0 Å². The third-order valence-electron chi connectivity index (χ3n) is 3.93. The van der Waals surface area contributed by atoms with E-state index in [1.807, 2.05) is 0 Å². The molecule has 0 aromatic carbocycles. The van der Waals surface area contributed by atoms with Crippen molar-refractivity contribution in [2.45, 2.75) is 45.0 Å². The summed E-state index contributed by atoms with van der Waals surface area (Å²) < 4.78 is 11.4. The van der Waals surface area contributed by atoms with E-state index in [2.05, 4.69) is 38.8 Å². The molecule has 0 aliphatic carbocycles. The fraction of sp³-hybridized carbons (Fsp3) is 1.00. The van der Waals surface area contributed by atoms with Gasteiger partial charge in [-0.25, -0.2) is 0 Å². The Labute approximate surface area is 101 Å². The molecule has 1 aliphatic heterocycles. The molecule has 96 valence electrons. The van der Waals surface area contributed by atoms with Crippen molar-refractivity contribution in [3.8, 4) is 0 Å². The SMILES string of the molecule is COC1CN(CCO[Si](C)(C)C(C)(C)C)C1. The Balaban J connectivity index is 2.17. The molecule has 1 aliphatic rings. The summed E-state index contributed by atoms with van der Waals surface area (Å²) in [5.41, 5.74) is 0. The van der Waals surface area contributed by atoms with Gasteiger partial charge in [-0.15, -0.1) is 0 Å². The molecule has 0 N–H and O–H groups in total. The van der Waals surface area contributed by atoms with Gasteiger partial charge in [-0.2, -0.15) is 0 Å². The number of ether oxygens (including phenoxy) is 1. The predicted octanol–water partition coefficient (Wildman–Crippen LogP) is 2.34. The zero-order valence-electron chi connectivity index (χ0n) is 11.7. The highest BCUT2D eigenvalue weighted by atomic mass is 28.4. The fourth-order valence-corrected chi connectivity index (χ4v) is 2.54. The normalized spacial score (nSPS) is 19.9. The van der Waals surface area contributed by atoms with Gasteiger partial charge in [0.05, 0.1) is 6.10 Å². The lowest BCUT2D eigenvalue weighted by Crippen LogP contribution is -2.53. The van der Waals surface area contributed by atoms with E-state index in [-0.39, 0.29) is 0 Å². The van der Waals surface area contributed by atoms with E-state index in [0.29, 0.717) is 11.1 Å². The minimum Gasteiger partial charge on any atom is -0.416 e. The van der Waals surface area contributed by atoms with Crippen LogP contribution in [0.3, 0.4) is 0 Å². The highest BCUT2D eigenvalue weighted by molar-refractivity contribution is 6.74. The second-order valence-electron chi connectivity index (χ2n) is 6.23. The Bertz CT molecular complexity index is 220.